The maximum Gasteiger partial charge on any atom is 0.185 e. The molecule has 0 aliphatic heterocycles. The third kappa shape index (κ3) is 3.85. The van der Waals surface area contributed by atoms with E-state index in [1.807, 2.05) is 62.4 Å². The molecule has 3 aromatic rings. The lowest BCUT2D eigenvalue weighted by Crippen LogP contribution is -2.17. The predicted molar refractivity (Wildman–Crippen MR) is 107 cm³/mol. The number of aryl methyl sites for hydroxylation is 2. The van der Waals surface area contributed by atoms with Crippen molar-refractivity contribution in [1.29, 1.82) is 0 Å². The summed E-state index contributed by atoms with van der Waals surface area (Å²) in [5.41, 5.74) is 4.39. The Morgan fingerprint density at radius 2 is 1.35 bits per heavy atom. The molecule has 26 heavy (non-hydrogen) atoms. The molecular weight excluding hydrogens is 322 g/mol. The van der Waals surface area contributed by atoms with Crippen molar-refractivity contribution in [2.45, 2.75) is 40.0 Å². The zero-order valence-corrected chi connectivity index (χ0v) is 16.0. The van der Waals surface area contributed by atoms with Crippen LogP contribution in [-0.2, 0) is 5.41 Å². The molecule has 134 valence electrons. The summed E-state index contributed by atoms with van der Waals surface area (Å²) in [6.07, 6.45) is 0. The second-order valence-electron chi connectivity index (χ2n) is 7.70. The maximum absolute atomic E-state index is 10.8. The average molecular weight is 347 g/mol. The van der Waals surface area contributed by atoms with Crippen LogP contribution < -0.4 is 5.32 Å². The summed E-state index contributed by atoms with van der Waals surface area (Å²) in [7, 11) is 0. The molecule has 2 N–H and O–H groups in total. The summed E-state index contributed by atoms with van der Waals surface area (Å²) in [5.74, 6) is 1.16. The van der Waals surface area contributed by atoms with E-state index in [9.17, 15) is 5.11 Å². The Kier molecular flexibility index (Phi) is 4.68. The molecule has 0 bridgehead atoms. The number of aromatic hydroxyl groups is 1. The molecule has 0 atom stereocenters. The van der Waals surface area contributed by atoms with E-state index in [0.717, 1.165) is 16.8 Å². The molecule has 0 amide bonds. The van der Waals surface area contributed by atoms with Crippen LogP contribution in [0.25, 0.3) is 11.3 Å². The highest BCUT2D eigenvalue weighted by atomic mass is 16.3. The number of hydrogen-bond donors (Lipinski definition) is 2. The van der Waals surface area contributed by atoms with Gasteiger partial charge in [0.2, 0.25) is 0 Å². The zero-order valence-electron chi connectivity index (χ0n) is 16.0. The van der Waals surface area contributed by atoms with E-state index in [1.165, 1.54) is 5.56 Å². The van der Waals surface area contributed by atoms with Gasteiger partial charge in [0, 0.05) is 16.7 Å². The van der Waals surface area contributed by atoms with Crippen LogP contribution >= 0.6 is 0 Å². The van der Waals surface area contributed by atoms with Crippen LogP contribution in [0.3, 0.4) is 0 Å². The highest BCUT2D eigenvalue weighted by Gasteiger charge is 2.23. The largest absolute Gasteiger partial charge is 0.503 e. The van der Waals surface area contributed by atoms with Gasteiger partial charge in [0.25, 0.3) is 0 Å². The van der Waals surface area contributed by atoms with Crippen molar-refractivity contribution in [3.8, 4) is 17.0 Å². The normalized spacial score (nSPS) is 11.4. The first-order valence-corrected chi connectivity index (χ1v) is 8.76. The van der Waals surface area contributed by atoms with Crippen LogP contribution in [0.15, 0.2) is 48.5 Å². The molecule has 4 nitrogen and oxygen atoms in total. The van der Waals surface area contributed by atoms with Crippen molar-refractivity contribution in [1.82, 2.24) is 9.97 Å². The summed E-state index contributed by atoms with van der Waals surface area (Å²) in [6.45, 7) is 10.3. The van der Waals surface area contributed by atoms with Crippen LogP contribution in [0.5, 0.6) is 5.75 Å². The van der Waals surface area contributed by atoms with Gasteiger partial charge in [0.15, 0.2) is 11.6 Å². The minimum atomic E-state index is -0.239. The molecule has 4 heteroatoms. The van der Waals surface area contributed by atoms with Gasteiger partial charge in [-0.05, 0) is 26.0 Å². The molecule has 0 saturated heterocycles. The Labute approximate surface area is 155 Å². The summed E-state index contributed by atoms with van der Waals surface area (Å²) in [4.78, 5) is 9.25. The van der Waals surface area contributed by atoms with E-state index in [1.54, 1.807) is 0 Å². The number of nitrogens with zero attached hydrogens (tertiary/aromatic N) is 2. The first-order chi connectivity index (χ1) is 12.2. The molecule has 0 unspecified atom stereocenters. The Balaban J connectivity index is 2.12. The van der Waals surface area contributed by atoms with Crippen LogP contribution in [0, 0.1) is 13.8 Å². The summed E-state index contributed by atoms with van der Waals surface area (Å²) < 4.78 is 0. The van der Waals surface area contributed by atoms with E-state index in [4.69, 9.17) is 0 Å². The van der Waals surface area contributed by atoms with Gasteiger partial charge in [-0.2, -0.15) is 0 Å². The molecule has 1 aromatic heterocycles. The molecule has 0 radical (unpaired) electrons. The van der Waals surface area contributed by atoms with Gasteiger partial charge < -0.3 is 10.4 Å². The van der Waals surface area contributed by atoms with Crippen molar-refractivity contribution in [2.75, 3.05) is 5.32 Å². The average Bonchev–Trinajstić information content (AvgIpc) is 2.58. The molecule has 0 aliphatic rings. The Hall–Kier alpha value is -2.88. The molecule has 0 fully saturated rings. The minimum Gasteiger partial charge on any atom is -0.503 e. The lowest BCUT2D eigenvalue weighted by molar-refractivity contribution is 0.468. The fraction of sp³-hybridized carbons (Fsp3) is 0.273. The van der Waals surface area contributed by atoms with Crippen molar-refractivity contribution in [3.63, 3.8) is 0 Å². The van der Waals surface area contributed by atoms with Gasteiger partial charge in [-0.25, -0.2) is 9.97 Å². The molecule has 2 aromatic carbocycles. The molecule has 1 heterocycles. The number of aromatic nitrogens is 2. The third-order valence-electron chi connectivity index (χ3n) is 4.19. The number of rotatable bonds is 3. The molecular formula is C22H25N3O. The fourth-order valence-corrected chi connectivity index (χ4v) is 2.56. The molecule has 0 aliphatic carbocycles. The lowest BCUT2D eigenvalue weighted by Gasteiger charge is -2.20. The lowest BCUT2D eigenvalue weighted by atomic mass is 9.95. The van der Waals surface area contributed by atoms with E-state index >= 15 is 0 Å². The van der Waals surface area contributed by atoms with Gasteiger partial charge in [-0.3, -0.25) is 0 Å². The number of nitrogens with one attached hydrogen (secondary N) is 1. The second-order valence-corrected chi connectivity index (χ2v) is 7.70. The van der Waals surface area contributed by atoms with Crippen LogP contribution in [0.1, 0.15) is 37.7 Å². The van der Waals surface area contributed by atoms with Crippen LogP contribution in [0.2, 0.25) is 0 Å². The standard InChI is InChI=1S/C22H25N3O/c1-14-6-10-16(11-7-14)18-19(26)20(25-21(24-18)22(3,4)5)23-17-12-8-15(2)9-13-17/h6-13,26H,1-5H3,(H,23,24,25). The van der Waals surface area contributed by atoms with Gasteiger partial charge in [0.05, 0.1) is 0 Å². The fourth-order valence-electron chi connectivity index (χ4n) is 2.56. The van der Waals surface area contributed by atoms with Crippen molar-refractivity contribution in [3.05, 3.63) is 65.5 Å². The molecule has 3 rings (SSSR count). The summed E-state index contributed by atoms with van der Waals surface area (Å²) >= 11 is 0. The van der Waals surface area contributed by atoms with Gasteiger partial charge in [-0.15, -0.1) is 0 Å². The van der Waals surface area contributed by atoms with Gasteiger partial charge >= 0.3 is 0 Å². The highest BCUT2D eigenvalue weighted by Crippen LogP contribution is 2.36. The first-order valence-electron chi connectivity index (χ1n) is 8.76. The summed E-state index contributed by atoms with van der Waals surface area (Å²) in [5, 5.41) is 14.1. The summed E-state index contributed by atoms with van der Waals surface area (Å²) in [6, 6.07) is 16.0. The van der Waals surface area contributed by atoms with E-state index < -0.39 is 0 Å². The SMILES string of the molecule is Cc1ccc(Nc2nc(C(C)(C)C)nc(-c3ccc(C)cc3)c2O)cc1. The first kappa shape index (κ1) is 17.9. The smallest absolute Gasteiger partial charge is 0.185 e. The Bertz CT molecular complexity index is 908. The van der Waals surface area contributed by atoms with E-state index in [-0.39, 0.29) is 11.2 Å². The highest BCUT2D eigenvalue weighted by molar-refractivity contribution is 5.75. The number of benzene rings is 2. The maximum atomic E-state index is 10.8. The Morgan fingerprint density at radius 1 is 0.808 bits per heavy atom. The minimum absolute atomic E-state index is 0.0578. The van der Waals surface area contributed by atoms with Crippen molar-refractivity contribution >= 4 is 11.5 Å². The van der Waals surface area contributed by atoms with Crippen LogP contribution in [-0.4, -0.2) is 15.1 Å². The quantitative estimate of drug-likeness (QED) is 0.656. The number of hydrogen-bond acceptors (Lipinski definition) is 4. The third-order valence-corrected chi connectivity index (χ3v) is 4.19. The van der Waals surface area contributed by atoms with Gasteiger partial charge in [-0.1, -0.05) is 68.3 Å². The number of anilines is 2. The second kappa shape index (κ2) is 6.79. The Morgan fingerprint density at radius 3 is 1.88 bits per heavy atom. The predicted octanol–water partition coefficient (Wildman–Crippen LogP) is 5.51. The zero-order chi connectivity index (χ0) is 18.9. The van der Waals surface area contributed by atoms with E-state index in [2.05, 4.69) is 36.1 Å². The van der Waals surface area contributed by atoms with Crippen LogP contribution in [0.4, 0.5) is 11.5 Å². The van der Waals surface area contributed by atoms with Crippen molar-refractivity contribution < 1.29 is 5.11 Å². The van der Waals surface area contributed by atoms with Gasteiger partial charge in [0.1, 0.15) is 11.5 Å². The molecule has 0 spiro atoms. The van der Waals surface area contributed by atoms with Crippen molar-refractivity contribution in [2.24, 2.45) is 0 Å². The molecule has 0 saturated carbocycles. The monoisotopic (exact) mass is 347 g/mol. The topological polar surface area (TPSA) is 58.0 Å². The van der Waals surface area contributed by atoms with E-state index in [0.29, 0.717) is 17.3 Å².